The highest BCUT2D eigenvalue weighted by Crippen LogP contribution is 2.29. The zero-order chi connectivity index (χ0) is 12.8. The number of rotatable bonds is 8. The van der Waals surface area contributed by atoms with Gasteiger partial charge >= 0.3 is 0 Å². The third-order valence-electron chi connectivity index (χ3n) is 3.66. The van der Waals surface area contributed by atoms with Gasteiger partial charge in [0.15, 0.2) is 0 Å². The lowest BCUT2D eigenvalue weighted by Crippen LogP contribution is -2.22. The van der Waals surface area contributed by atoms with Crippen molar-refractivity contribution in [2.45, 2.75) is 58.7 Å². The molecule has 0 bridgehead atoms. The molecule has 3 nitrogen and oxygen atoms in total. The molecule has 3 heteroatoms. The van der Waals surface area contributed by atoms with Gasteiger partial charge in [0.25, 0.3) is 0 Å². The maximum Gasteiger partial charge on any atom is 0.123 e. The molecule has 0 amide bonds. The molecule has 0 saturated heterocycles. The van der Waals surface area contributed by atoms with Gasteiger partial charge in [-0.05, 0) is 18.4 Å². The Morgan fingerprint density at radius 2 is 2.28 bits per heavy atom. The Morgan fingerprint density at radius 1 is 1.44 bits per heavy atom. The second-order valence-corrected chi connectivity index (χ2v) is 5.54. The van der Waals surface area contributed by atoms with Crippen LogP contribution in [0.15, 0.2) is 16.7 Å². The quantitative estimate of drug-likeness (QED) is 0.718. The molecule has 1 aliphatic carbocycles. The fraction of sp³-hybridized carbons (Fsp3) is 0.733. The highest BCUT2D eigenvalue weighted by atomic mass is 16.5. The van der Waals surface area contributed by atoms with E-state index in [4.69, 9.17) is 9.15 Å². The van der Waals surface area contributed by atoms with Gasteiger partial charge in [-0.1, -0.05) is 33.1 Å². The van der Waals surface area contributed by atoms with Crippen molar-refractivity contribution in [3.8, 4) is 0 Å². The first-order valence-electron chi connectivity index (χ1n) is 7.12. The van der Waals surface area contributed by atoms with Gasteiger partial charge in [-0.15, -0.1) is 0 Å². The van der Waals surface area contributed by atoms with Crippen molar-refractivity contribution in [3.63, 3.8) is 0 Å². The normalized spacial score (nSPS) is 16.2. The first kappa shape index (κ1) is 13.6. The maximum atomic E-state index is 5.74. The summed E-state index contributed by atoms with van der Waals surface area (Å²) in [6.45, 7) is 6.62. The molecule has 1 fully saturated rings. The molecule has 0 unspecified atom stereocenters. The number of hydrogen-bond acceptors (Lipinski definition) is 3. The minimum atomic E-state index is 0.475. The average Bonchev–Trinajstić information content (AvgIpc) is 2.71. The summed E-state index contributed by atoms with van der Waals surface area (Å²) in [6, 6.07) is 2.49. The van der Waals surface area contributed by atoms with Crippen molar-refractivity contribution in [2.75, 3.05) is 6.61 Å². The van der Waals surface area contributed by atoms with Gasteiger partial charge in [-0.3, -0.25) is 0 Å². The second kappa shape index (κ2) is 6.95. The second-order valence-electron chi connectivity index (χ2n) is 5.54. The smallest absolute Gasteiger partial charge is 0.123 e. The van der Waals surface area contributed by atoms with E-state index in [1.807, 2.05) is 6.07 Å². The van der Waals surface area contributed by atoms with Crippen LogP contribution in [-0.2, 0) is 17.9 Å². The fourth-order valence-corrected chi connectivity index (χ4v) is 2.16. The molecule has 0 spiro atoms. The molecular weight excluding hydrogens is 226 g/mol. The average molecular weight is 251 g/mol. The van der Waals surface area contributed by atoms with E-state index in [9.17, 15) is 0 Å². The summed E-state index contributed by atoms with van der Waals surface area (Å²) < 4.78 is 11.2. The standard InChI is InChI=1S/C15H25NO2/c1-12(2)16-10-15-14(7-9-18-15)11-17-8-6-13-4-3-5-13/h7,9,12-13,16H,3-6,8,10-11H2,1-2H3. The zero-order valence-electron chi connectivity index (χ0n) is 11.6. The van der Waals surface area contributed by atoms with Gasteiger partial charge in [0.05, 0.1) is 19.4 Å². The Bertz CT molecular complexity index is 342. The molecule has 0 aromatic carbocycles. The van der Waals surface area contributed by atoms with Crippen LogP contribution < -0.4 is 5.32 Å². The lowest BCUT2D eigenvalue weighted by Gasteiger charge is -2.24. The van der Waals surface area contributed by atoms with Crippen LogP contribution in [0.4, 0.5) is 0 Å². The summed E-state index contributed by atoms with van der Waals surface area (Å²) >= 11 is 0. The summed E-state index contributed by atoms with van der Waals surface area (Å²) in [7, 11) is 0. The molecule has 1 aromatic heterocycles. The Labute approximate surface area is 110 Å². The van der Waals surface area contributed by atoms with Crippen LogP contribution in [0.2, 0.25) is 0 Å². The van der Waals surface area contributed by atoms with E-state index in [1.54, 1.807) is 6.26 Å². The van der Waals surface area contributed by atoms with E-state index in [2.05, 4.69) is 19.2 Å². The minimum Gasteiger partial charge on any atom is -0.468 e. The largest absolute Gasteiger partial charge is 0.468 e. The Morgan fingerprint density at radius 3 is 2.94 bits per heavy atom. The van der Waals surface area contributed by atoms with E-state index in [0.29, 0.717) is 12.6 Å². The van der Waals surface area contributed by atoms with Gasteiger partial charge in [0.2, 0.25) is 0 Å². The fourth-order valence-electron chi connectivity index (χ4n) is 2.16. The van der Waals surface area contributed by atoms with E-state index in [1.165, 1.54) is 31.2 Å². The molecular formula is C15H25NO2. The van der Waals surface area contributed by atoms with Gasteiger partial charge in [0.1, 0.15) is 5.76 Å². The molecule has 0 aliphatic heterocycles. The molecule has 1 saturated carbocycles. The van der Waals surface area contributed by atoms with Crippen LogP contribution in [0.1, 0.15) is 50.9 Å². The van der Waals surface area contributed by atoms with Crippen LogP contribution in [0.3, 0.4) is 0 Å². The van der Waals surface area contributed by atoms with Gasteiger partial charge in [-0.2, -0.15) is 0 Å². The van der Waals surface area contributed by atoms with Crippen molar-refractivity contribution in [1.82, 2.24) is 5.32 Å². The number of ether oxygens (including phenoxy) is 1. The number of hydrogen-bond donors (Lipinski definition) is 1. The summed E-state index contributed by atoms with van der Waals surface area (Å²) in [5, 5.41) is 3.37. The van der Waals surface area contributed by atoms with Crippen molar-refractivity contribution in [2.24, 2.45) is 5.92 Å². The molecule has 18 heavy (non-hydrogen) atoms. The number of nitrogens with one attached hydrogen (secondary N) is 1. The molecule has 102 valence electrons. The first-order valence-corrected chi connectivity index (χ1v) is 7.12. The van der Waals surface area contributed by atoms with Crippen LogP contribution >= 0.6 is 0 Å². The Hall–Kier alpha value is -0.800. The lowest BCUT2D eigenvalue weighted by atomic mass is 9.83. The molecule has 1 heterocycles. The minimum absolute atomic E-state index is 0.475. The van der Waals surface area contributed by atoms with E-state index >= 15 is 0 Å². The molecule has 1 aliphatic rings. The predicted molar refractivity (Wildman–Crippen MR) is 72.3 cm³/mol. The van der Waals surface area contributed by atoms with Crippen LogP contribution in [-0.4, -0.2) is 12.6 Å². The van der Waals surface area contributed by atoms with Crippen LogP contribution in [0.25, 0.3) is 0 Å². The molecule has 1 aromatic rings. The summed E-state index contributed by atoms with van der Waals surface area (Å²) in [5.41, 5.74) is 1.18. The Balaban J connectivity index is 1.66. The third kappa shape index (κ3) is 4.14. The summed E-state index contributed by atoms with van der Waals surface area (Å²) in [4.78, 5) is 0. The number of furan rings is 1. The van der Waals surface area contributed by atoms with Gasteiger partial charge < -0.3 is 14.5 Å². The van der Waals surface area contributed by atoms with Crippen molar-refractivity contribution in [3.05, 3.63) is 23.7 Å². The SMILES string of the molecule is CC(C)NCc1occc1COCCC1CCC1. The third-order valence-corrected chi connectivity index (χ3v) is 3.66. The van der Waals surface area contributed by atoms with Crippen LogP contribution in [0, 0.1) is 5.92 Å². The van der Waals surface area contributed by atoms with Crippen molar-refractivity contribution >= 4 is 0 Å². The summed E-state index contributed by atoms with van der Waals surface area (Å²) in [6.07, 6.45) is 7.19. The monoisotopic (exact) mass is 251 g/mol. The topological polar surface area (TPSA) is 34.4 Å². The molecule has 0 radical (unpaired) electrons. The van der Waals surface area contributed by atoms with Crippen molar-refractivity contribution < 1.29 is 9.15 Å². The van der Waals surface area contributed by atoms with Crippen molar-refractivity contribution in [1.29, 1.82) is 0 Å². The molecule has 0 atom stereocenters. The summed E-state index contributed by atoms with van der Waals surface area (Å²) in [5.74, 6) is 1.93. The molecule has 2 rings (SSSR count). The maximum absolute atomic E-state index is 5.74. The van der Waals surface area contributed by atoms with E-state index < -0.39 is 0 Å². The van der Waals surface area contributed by atoms with Gasteiger partial charge in [0, 0.05) is 18.2 Å². The van der Waals surface area contributed by atoms with E-state index in [-0.39, 0.29) is 0 Å². The first-order chi connectivity index (χ1) is 8.75. The van der Waals surface area contributed by atoms with Gasteiger partial charge in [-0.25, -0.2) is 0 Å². The van der Waals surface area contributed by atoms with Crippen LogP contribution in [0.5, 0.6) is 0 Å². The molecule has 1 N–H and O–H groups in total. The Kier molecular flexibility index (Phi) is 5.26. The zero-order valence-corrected chi connectivity index (χ0v) is 11.6. The lowest BCUT2D eigenvalue weighted by molar-refractivity contribution is 0.0939. The predicted octanol–water partition coefficient (Wildman–Crippen LogP) is 3.48. The highest BCUT2D eigenvalue weighted by Gasteiger charge is 2.16. The van der Waals surface area contributed by atoms with E-state index in [0.717, 1.165) is 24.8 Å². The highest BCUT2D eigenvalue weighted by molar-refractivity contribution is 5.15.